The van der Waals surface area contributed by atoms with E-state index >= 15 is 0 Å². The predicted molar refractivity (Wildman–Crippen MR) is 124 cm³/mol. The van der Waals surface area contributed by atoms with Crippen LogP contribution in [0.3, 0.4) is 0 Å². The molecule has 8 heteroatoms. The first-order valence-electron chi connectivity index (χ1n) is 9.94. The van der Waals surface area contributed by atoms with Gasteiger partial charge in [-0.15, -0.1) is 22.7 Å². The lowest BCUT2D eigenvalue weighted by Gasteiger charge is -2.30. The van der Waals surface area contributed by atoms with Crippen molar-refractivity contribution < 1.29 is 14.3 Å². The number of carbonyl (C=O) groups is 2. The maximum Gasteiger partial charge on any atom is 0.341 e. The number of nitrogens with zero attached hydrogens (tertiary/aromatic N) is 1. The summed E-state index contributed by atoms with van der Waals surface area (Å²) >= 11 is 9.29. The van der Waals surface area contributed by atoms with Crippen molar-refractivity contribution in [2.24, 2.45) is 0 Å². The number of benzene rings is 1. The van der Waals surface area contributed by atoms with E-state index in [0.29, 0.717) is 26.5 Å². The van der Waals surface area contributed by atoms with Gasteiger partial charge in [-0.3, -0.25) is 9.69 Å². The van der Waals surface area contributed by atoms with Crippen LogP contribution in [-0.2, 0) is 17.7 Å². The molecule has 0 aliphatic carbocycles. The SMILES string of the molecule is CCOC(=O)c1c(NC(=O)c2sc3ccccc3c2Cl)sc2c1CCN(C(C)C)C2. The standard InChI is InChI=1S/C22H23ClN2O3S2/c1-4-28-22(27)17-13-9-10-25(12(2)3)11-16(13)30-21(17)24-20(26)19-18(23)14-7-5-6-8-15(14)29-19/h5-8,12H,4,9-11H2,1-3H3,(H,24,26). The Morgan fingerprint density at radius 2 is 2.03 bits per heavy atom. The van der Waals surface area contributed by atoms with Crippen LogP contribution in [0.2, 0.25) is 5.02 Å². The quantitative estimate of drug-likeness (QED) is 0.486. The third-order valence-corrected chi connectivity index (χ3v) is 8.07. The fraction of sp³-hybridized carbons (Fsp3) is 0.364. The Labute approximate surface area is 188 Å². The van der Waals surface area contributed by atoms with E-state index in [1.807, 2.05) is 24.3 Å². The second-order valence-electron chi connectivity index (χ2n) is 7.44. The van der Waals surface area contributed by atoms with Gasteiger partial charge in [-0.05, 0) is 38.8 Å². The van der Waals surface area contributed by atoms with E-state index in [2.05, 4.69) is 24.1 Å². The summed E-state index contributed by atoms with van der Waals surface area (Å²) in [6, 6.07) is 8.08. The van der Waals surface area contributed by atoms with Crippen LogP contribution in [0.4, 0.5) is 5.00 Å². The highest BCUT2D eigenvalue weighted by Gasteiger charge is 2.31. The second-order valence-corrected chi connectivity index (χ2v) is 9.97. The summed E-state index contributed by atoms with van der Waals surface area (Å²) in [6.45, 7) is 8.05. The van der Waals surface area contributed by atoms with Crippen LogP contribution in [0.25, 0.3) is 10.1 Å². The van der Waals surface area contributed by atoms with Crippen molar-refractivity contribution in [1.82, 2.24) is 4.90 Å². The van der Waals surface area contributed by atoms with Crippen molar-refractivity contribution in [3.05, 3.63) is 50.2 Å². The third kappa shape index (κ3) is 3.87. The molecule has 30 heavy (non-hydrogen) atoms. The van der Waals surface area contributed by atoms with Crippen molar-refractivity contribution in [3.63, 3.8) is 0 Å². The van der Waals surface area contributed by atoms with Crippen molar-refractivity contribution >= 4 is 61.2 Å². The fourth-order valence-corrected chi connectivity index (χ4v) is 6.36. The third-order valence-electron chi connectivity index (χ3n) is 5.26. The maximum atomic E-state index is 13.1. The Hall–Kier alpha value is -1.93. The topological polar surface area (TPSA) is 58.6 Å². The van der Waals surface area contributed by atoms with E-state index < -0.39 is 0 Å². The number of thiophene rings is 2. The number of nitrogens with one attached hydrogen (secondary N) is 1. The van der Waals surface area contributed by atoms with Gasteiger partial charge in [0.15, 0.2) is 0 Å². The van der Waals surface area contributed by atoms with Gasteiger partial charge in [-0.1, -0.05) is 29.8 Å². The predicted octanol–water partition coefficient (Wildman–Crippen LogP) is 5.81. The Morgan fingerprint density at radius 3 is 2.73 bits per heavy atom. The minimum absolute atomic E-state index is 0.289. The molecule has 1 amide bonds. The van der Waals surface area contributed by atoms with Crippen LogP contribution >= 0.6 is 34.3 Å². The largest absolute Gasteiger partial charge is 0.462 e. The summed E-state index contributed by atoms with van der Waals surface area (Å²) in [5, 5.41) is 4.80. The van der Waals surface area contributed by atoms with E-state index in [1.165, 1.54) is 22.7 Å². The van der Waals surface area contributed by atoms with Gasteiger partial charge in [0.25, 0.3) is 5.91 Å². The Morgan fingerprint density at radius 1 is 1.27 bits per heavy atom. The number of anilines is 1. The van der Waals surface area contributed by atoms with Gasteiger partial charge in [0.2, 0.25) is 0 Å². The first-order valence-corrected chi connectivity index (χ1v) is 12.0. The van der Waals surface area contributed by atoms with E-state index in [0.717, 1.165) is 40.0 Å². The number of halogens is 1. The number of fused-ring (bicyclic) bond motifs is 2. The van der Waals surface area contributed by atoms with Crippen LogP contribution in [-0.4, -0.2) is 36.0 Å². The van der Waals surface area contributed by atoms with Crippen molar-refractivity contribution in [3.8, 4) is 0 Å². The molecule has 0 fully saturated rings. The molecule has 3 aromatic rings. The first kappa shape index (κ1) is 21.3. The van der Waals surface area contributed by atoms with Crippen molar-refractivity contribution in [1.29, 1.82) is 0 Å². The van der Waals surface area contributed by atoms with E-state index in [1.54, 1.807) is 6.92 Å². The van der Waals surface area contributed by atoms with E-state index in [-0.39, 0.29) is 18.5 Å². The summed E-state index contributed by atoms with van der Waals surface area (Å²) in [5.41, 5.74) is 1.49. The van der Waals surface area contributed by atoms with Gasteiger partial charge in [0.05, 0.1) is 17.2 Å². The molecular weight excluding hydrogens is 440 g/mol. The zero-order chi connectivity index (χ0) is 21.4. The molecule has 1 aliphatic heterocycles. The van der Waals surface area contributed by atoms with Crippen LogP contribution in [0, 0.1) is 0 Å². The molecule has 0 spiro atoms. The summed E-state index contributed by atoms with van der Waals surface area (Å²) in [6.07, 6.45) is 0.762. The molecule has 0 atom stereocenters. The molecule has 0 unspecified atom stereocenters. The lowest BCUT2D eigenvalue weighted by molar-refractivity contribution is 0.0526. The Balaban J connectivity index is 1.70. The highest BCUT2D eigenvalue weighted by Crippen LogP contribution is 2.40. The molecule has 1 aliphatic rings. The number of hydrogen-bond acceptors (Lipinski definition) is 6. The lowest BCUT2D eigenvalue weighted by atomic mass is 10.0. The van der Waals surface area contributed by atoms with E-state index in [4.69, 9.17) is 16.3 Å². The number of rotatable bonds is 5. The average molecular weight is 463 g/mol. The minimum Gasteiger partial charge on any atom is -0.462 e. The molecule has 1 aromatic carbocycles. The van der Waals surface area contributed by atoms with Crippen molar-refractivity contribution in [2.45, 2.75) is 39.8 Å². The molecule has 0 radical (unpaired) electrons. The second kappa shape index (κ2) is 8.67. The molecule has 2 aromatic heterocycles. The Kier molecular flexibility index (Phi) is 6.16. The van der Waals surface area contributed by atoms with Crippen LogP contribution < -0.4 is 5.32 Å². The first-order chi connectivity index (χ1) is 14.4. The molecular formula is C22H23ClN2O3S2. The minimum atomic E-state index is -0.384. The molecule has 158 valence electrons. The lowest BCUT2D eigenvalue weighted by Crippen LogP contribution is -2.35. The number of amides is 1. The number of ether oxygens (including phenoxy) is 1. The average Bonchev–Trinajstić information content (AvgIpc) is 3.25. The highest BCUT2D eigenvalue weighted by molar-refractivity contribution is 7.22. The van der Waals surface area contributed by atoms with Gasteiger partial charge in [-0.2, -0.15) is 0 Å². The summed E-state index contributed by atoms with van der Waals surface area (Å²) in [4.78, 5) is 29.7. The monoisotopic (exact) mass is 462 g/mol. The molecule has 3 heterocycles. The smallest absolute Gasteiger partial charge is 0.341 e. The summed E-state index contributed by atoms with van der Waals surface area (Å²) in [7, 11) is 0. The van der Waals surface area contributed by atoms with E-state index in [9.17, 15) is 9.59 Å². The number of hydrogen-bond donors (Lipinski definition) is 1. The van der Waals surface area contributed by atoms with Gasteiger partial charge in [-0.25, -0.2) is 4.79 Å². The van der Waals surface area contributed by atoms with Gasteiger partial charge >= 0.3 is 5.97 Å². The Bertz CT molecular complexity index is 1120. The van der Waals surface area contributed by atoms with Gasteiger partial charge in [0, 0.05) is 34.1 Å². The van der Waals surface area contributed by atoms with Gasteiger partial charge < -0.3 is 10.1 Å². The summed E-state index contributed by atoms with van der Waals surface area (Å²) < 4.78 is 6.26. The molecule has 0 saturated heterocycles. The van der Waals surface area contributed by atoms with Crippen LogP contribution in [0.1, 0.15) is 51.2 Å². The van der Waals surface area contributed by atoms with Crippen LogP contribution in [0.5, 0.6) is 0 Å². The molecule has 0 saturated carbocycles. The van der Waals surface area contributed by atoms with Gasteiger partial charge in [0.1, 0.15) is 9.88 Å². The van der Waals surface area contributed by atoms with Crippen molar-refractivity contribution in [2.75, 3.05) is 18.5 Å². The highest BCUT2D eigenvalue weighted by atomic mass is 35.5. The zero-order valence-electron chi connectivity index (χ0n) is 17.1. The molecule has 4 rings (SSSR count). The number of esters is 1. The maximum absolute atomic E-state index is 13.1. The zero-order valence-corrected chi connectivity index (χ0v) is 19.5. The molecule has 0 bridgehead atoms. The summed E-state index contributed by atoms with van der Waals surface area (Å²) in [5.74, 6) is -0.684. The fourth-order valence-electron chi connectivity index (χ4n) is 3.69. The molecule has 1 N–H and O–H groups in total. The van der Waals surface area contributed by atoms with Crippen LogP contribution in [0.15, 0.2) is 24.3 Å². The normalized spacial score (nSPS) is 14.2. The number of carbonyl (C=O) groups excluding carboxylic acids is 2. The molecule has 5 nitrogen and oxygen atoms in total.